The van der Waals surface area contributed by atoms with Gasteiger partial charge in [-0.3, -0.25) is 9.79 Å². The highest BCUT2D eigenvalue weighted by Gasteiger charge is 2.43. The lowest BCUT2D eigenvalue weighted by Crippen LogP contribution is -2.49. The first kappa shape index (κ1) is 29.7. The molecule has 17 heteroatoms. The van der Waals surface area contributed by atoms with Gasteiger partial charge in [0.1, 0.15) is 11.9 Å². The number of aliphatic carboxylic acids is 1. The number of carboxylic acids is 1. The number of aliphatic imine (C=N–C) groups is 1. The van der Waals surface area contributed by atoms with E-state index in [1.165, 1.54) is 33.8 Å². The lowest BCUT2D eigenvalue weighted by Gasteiger charge is -2.32. The Kier molecular flexibility index (Phi) is 8.06. The first-order valence-electron chi connectivity index (χ1n) is 13.3. The minimum absolute atomic E-state index is 0.0682. The van der Waals surface area contributed by atoms with E-state index in [9.17, 15) is 31.5 Å². The molecular formula is C26H25ClF3N7O4S2. The second-order valence-corrected chi connectivity index (χ2v) is 13.3. The van der Waals surface area contributed by atoms with Gasteiger partial charge in [-0.1, -0.05) is 17.7 Å². The van der Waals surface area contributed by atoms with Crippen LogP contribution in [0.15, 0.2) is 52.7 Å². The van der Waals surface area contributed by atoms with Gasteiger partial charge in [0, 0.05) is 71.7 Å². The predicted molar refractivity (Wildman–Crippen MR) is 152 cm³/mol. The lowest BCUT2D eigenvalue weighted by molar-refractivity contribution is -0.142. The summed E-state index contributed by atoms with van der Waals surface area (Å²) >= 11 is 7.79. The number of hydrogen-bond donors (Lipinski definition) is 2. The number of aromatic nitrogens is 3. The molecule has 5 heterocycles. The Hall–Kier alpha value is -3.31. The molecule has 0 spiro atoms. The molecule has 2 fully saturated rings. The van der Waals surface area contributed by atoms with E-state index < -0.39 is 46.5 Å². The molecule has 43 heavy (non-hydrogen) atoms. The van der Waals surface area contributed by atoms with Crippen molar-refractivity contribution in [3.63, 3.8) is 0 Å². The zero-order chi connectivity index (χ0) is 30.5. The average molecular weight is 656 g/mol. The van der Waals surface area contributed by atoms with Crippen LogP contribution in [-0.4, -0.2) is 75.0 Å². The zero-order valence-corrected chi connectivity index (χ0v) is 24.7. The highest BCUT2D eigenvalue weighted by molar-refractivity contribution is 7.87. The van der Waals surface area contributed by atoms with Crippen LogP contribution in [0.4, 0.5) is 13.2 Å². The van der Waals surface area contributed by atoms with Gasteiger partial charge in [-0.15, -0.1) is 11.3 Å². The summed E-state index contributed by atoms with van der Waals surface area (Å²) in [7, 11) is -3.99. The molecule has 0 saturated carbocycles. The average Bonchev–Trinajstić information content (AvgIpc) is 3.73. The molecule has 6 rings (SSSR count). The van der Waals surface area contributed by atoms with Gasteiger partial charge >= 0.3 is 12.5 Å². The second kappa shape index (κ2) is 11.6. The third-order valence-corrected chi connectivity index (χ3v) is 10.5. The van der Waals surface area contributed by atoms with Crippen molar-refractivity contribution >= 4 is 50.5 Å². The van der Waals surface area contributed by atoms with E-state index in [4.69, 9.17) is 16.6 Å². The number of nitrogens with zero attached hydrogens (tertiary/aromatic N) is 6. The van der Waals surface area contributed by atoms with Crippen LogP contribution in [-0.2, 0) is 15.0 Å². The molecule has 11 nitrogen and oxygen atoms in total. The fraction of sp³-hybridized carbons (Fsp3) is 0.385. The van der Waals surface area contributed by atoms with Gasteiger partial charge in [-0.2, -0.15) is 31.3 Å². The van der Waals surface area contributed by atoms with Crippen LogP contribution in [0.5, 0.6) is 0 Å². The lowest BCUT2D eigenvalue weighted by atomic mass is 9.92. The molecule has 0 aliphatic carbocycles. The van der Waals surface area contributed by atoms with Crippen LogP contribution >= 0.6 is 22.9 Å². The smallest absolute Gasteiger partial charge is 0.333 e. The Bertz CT molecular complexity index is 1710. The van der Waals surface area contributed by atoms with Gasteiger partial charge < -0.3 is 10.0 Å². The first-order valence-corrected chi connectivity index (χ1v) is 16.0. The standard InChI is InChI=1S/C26H25ClF3N7O4S2/c27-18-11-15(28)1-2-17(18)22-21(19-5-9-37(33-19)26(29)30)20-12-16(13-36(20)23(32-22)24-31-6-10-42-24)34-43(40,41)35-7-3-14(4-8-35)25(38)39/h1-2,5-6,9-11,14,16,22,26,34H,3-4,7-8,12-13H2,(H,38,39)/t16-,22-/m0/s1. The van der Waals surface area contributed by atoms with Crippen molar-refractivity contribution in [3.05, 3.63) is 74.8 Å². The fourth-order valence-electron chi connectivity index (χ4n) is 5.66. The summed E-state index contributed by atoms with van der Waals surface area (Å²) in [5.41, 5.74) is 1.61. The summed E-state index contributed by atoms with van der Waals surface area (Å²) < 4.78 is 72.3. The number of fused-ring (bicyclic) bond motifs is 1. The third-order valence-electron chi connectivity index (χ3n) is 7.68. The molecule has 0 bridgehead atoms. The summed E-state index contributed by atoms with van der Waals surface area (Å²) in [5.74, 6) is -1.68. The minimum atomic E-state index is -3.99. The van der Waals surface area contributed by atoms with Crippen LogP contribution in [0.3, 0.4) is 0 Å². The Morgan fingerprint density at radius 3 is 2.60 bits per heavy atom. The number of thiazole rings is 1. The molecule has 1 aromatic carbocycles. The van der Waals surface area contributed by atoms with Crippen molar-refractivity contribution in [1.82, 2.24) is 28.7 Å². The van der Waals surface area contributed by atoms with Crippen LogP contribution in [0.2, 0.25) is 5.02 Å². The van der Waals surface area contributed by atoms with Crippen LogP contribution in [0.1, 0.15) is 48.1 Å². The monoisotopic (exact) mass is 655 g/mol. The number of carboxylic acid groups (broad SMARTS) is 1. The SMILES string of the molecule is O=C(O)C1CCN(S(=O)(=O)N[C@H]2CC3=C(c4ccn(C(F)F)n4)[C@H](c4ccc(F)cc4Cl)N=C(c4nccs4)N3C2)CC1. The van der Waals surface area contributed by atoms with Gasteiger partial charge in [0.05, 0.1) is 11.6 Å². The number of rotatable bonds is 8. The van der Waals surface area contributed by atoms with E-state index in [1.54, 1.807) is 16.5 Å². The predicted octanol–water partition coefficient (Wildman–Crippen LogP) is 4.15. The molecule has 3 aliphatic heterocycles. The van der Waals surface area contributed by atoms with Crippen LogP contribution in [0, 0.1) is 11.7 Å². The number of benzene rings is 1. The highest BCUT2D eigenvalue weighted by atomic mass is 35.5. The molecule has 228 valence electrons. The molecule has 2 aromatic heterocycles. The van der Waals surface area contributed by atoms with E-state index in [-0.39, 0.29) is 49.6 Å². The van der Waals surface area contributed by atoms with Gasteiger partial charge in [0.2, 0.25) is 0 Å². The number of piperidine rings is 1. The Morgan fingerprint density at radius 2 is 1.98 bits per heavy atom. The van der Waals surface area contributed by atoms with Gasteiger partial charge in [-0.25, -0.2) is 14.1 Å². The Labute approximate surface area is 253 Å². The van der Waals surface area contributed by atoms with E-state index in [2.05, 4.69) is 14.8 Å². The van der Waals surface area contributed by atoms with Crippen molar-refractivity contribution in [3.8, 4) is 0 Å². The van der Waals surface area contributed by atoms with Crippen LogP contribution in [0.25, 0.3) is 5.57 Å². The number of amidine groups is 1. The second-order valence-electron chi connectivity index (χ2n) is 10.3. The molecular weight excluding hydrogens is 631 g/mol. The zero-order valence-electron chi connectivity index (χ0n) is 22.3. The number of carbonyl (C=O) groups is 1. The largest absolute Gasteiger partial charge is 0.481 e. The molecule has 3 aromatic rings. The highest BCUT2D eigenvalue weighted by Crippen LogP contribution is 2.46. The van der Waals surface area contributed by atoms with E-state index in [0.717, 1.165) is 12.3 Å². The van der Waals surface area contributed by atoms with Crippen molar-refractivity contribution in [2.45, 2.75) is 37.9 Å². The molecule has 3 aliphatic rings. The number of halogens is 4. The van der Waals surface area contributed by atoms with Gasteiger partial charge in [-0.05, 0) is 31.0 Å². The van der Waals surface area contributed by atoms with Crippen molar-refractivity contribution < 1.29 is 31.5 Å². The topological polar surface area (TPSA) is 133 Å². The quantitative estimate of drug-likeness (QED) is 0.373. The maximum absolute atomic E-state index is 14.0. The molecule has 0 radical (unpaired) electrons. The fourth-order valence-corrected chi connectivity index (χ4v) is 7.99. The minimum Gasteiger partial charge on any atom is -0.481 e. The van der Waals surface area contributed by atoms with Crippen molar-refractivity contribution in [2.75, 3.05) is 19.6 Å². The summed E-state index contributed by atoms with van der Waals surface area (Å²) in [6.45, 7) is -2.60. The summed E-state index contributed by atoms with van der Waals surface area (Å²) in [6.07, 6.45) is 3.30. The Morgan fingerprint density at radius 1 is 1.21 bits per heavy atom. The summed E-state index contributed by atoms with van der Waals surface area (Å²) in [6, 6.07) is 3.72. The van der Waals surface area contributed by atoms with Crippen LogP contribution < -0.4 is 4.72 Å². The van der Waals surface area contributed by atoms with E-state index in [0.29, 0.717) is 32.4 Å². The molecule has 2 saturated heterocycles. The number of hydrogen-bond acceptors (Lipinski definition) is 8. The summed E-state index contributed by atoms with van der Waals surface area (Å²) in [5, 5.41) is 15.7. The first-order chi connectivity index (χ1) is 20.5. The Balaban J connectivity index is 1.40. The third kappa shape index (κ3) is 5.81. The van der Waals surface area contributed by atoms with Crippen molar-refractivity contribution in [2.24, 2.45) is 10.9 Å². The molecule has 2 N–H and O–H groups in total. The number of nitrogens with one attached hydrogen (secondary N) is 1. The van der Waals surface area contributed by atoms with E-state index in [1.807, 2.05) is 0 Å². The van der Waals surface area contributed by atoms with Gasteiger partial charge in [0.25, 0.3) is 10.2 Å². The maximum atomic E-state index is 14.0. The maximum Gasteiger partial charge on any atom is 0.333 e. The molecule has 0 amide bonds. The normalized spacial score (nSPS) is 21.9. The van der Waals surface area contributed by atoms with Gasteiger partial charge in [0.15, 0.2) is 10.8 Å². The summed E-state index contributed by atoms with van der Waals surface area (Å²) in [4.78, 5) is 22.5. The number of alkyl halides is 2. The van der Waals surface area contributed by atoms with E-state index >= 15 is 0 Å². The molecule has 2 atom stereocenters. The van der Waals surface area contributed by atoms with Crippen molar-refractivity contribution in [1.29, 1.82) is 0 Å². The molecule has 0 unspecified atom stereocenters.